The minimum absolute atomic E-state index is 0.0304. The molecule has 4 rings (SSSR count). The lowest BCUT2D eigenvalue weighted by molar-refractivity contribution is -0.113. The number of primary amides is 1. The Morgan fingerprint density at radius 1 is 1.19 bits per heavy atom. The molecule has 0 bridgehead atoms. The number of carbonyl (C=O) groups is 2. The number of carbonyl (C=O) groups excluding carboxylic acids is 2. The Hall–Kier alpha value is -3.41. The van der Waals surface area contributed by atoms with Gasteiger partial charge in [0.2, 0.25) is 5.91 Å². The molecule has 6 nitrogen and oxygen atoms in total. The van der Waals surface area contributed by atoms with Gasteiger partial charge in [-0.3, -0.25) is 9.59 Å². The molecule has 0 spiro atoms. The van der Waals surface area contributed by atoms with Gasteiger partial charge in [-0.05, 0) is 42.7 Å². The fourth-order valence-electron chi connectivity index (χ4n) is 2.80. The van der Waals surface area contributed by atoms with Crippen LogP contribution in [0, 0.1) is 0 Å². The monoisotopic (exact) mass is 346 g/mol. The van der Waals surface area contributed by atoms with Gasteiger partial charge in [0.25, 0.3) is 5.91 Å². The molecule has 130 valence electrons. The third-order valence-corrected chi connectivity index (χ3v) is 4.38. The molecule has 1 saturated carbocycles. The van der Waals surface area contributed by atoms with Crippen molar-refractivity contribution in [2.75, 3.05) is 0 Å². The van der Waals surface area contributed by atoms with Gasteiger partial charge in [0, 0.05) is 46.6 Å². The molecule has 0 unspecified atom stereocenters. The van der Waals surface area contributed by atoms with Crippen molar-refractivity contribution >= 4 is 28.9 Å². The first kappa shape index (κ1) is 16.1. The highest BCUT2D eigenvalue weighted by Gasteiger charge is 2.23. The molecule has 0 aliphatic heterocycles. The second-order valence-corrected chi connectivity index (χ2v) is 6.42. The van der Waals surface area contributed by atoms with Gasteiger partial charge in [0.05, 0.1) is 0 Å². The molecule has 0 saturated heterocycles. The summed E-state index contributed by atoms with van der Waals surface area (Å²) in [6.45, 7) is 0. The Balaban J connectivity index is 1.62. The maximum absolute atomic E-state index is 12.1. The number of amides is 2. The molecular formula is C20H18N4O2. The first-order valence-electron chi connectivity index (χ1n) is 8.46. The van der Waals surface area contributed by atoms with Crippen LogP contribution in [-0.2, 0) is 4.79 Å². The molecule has 26 heavy (non-hydrogen) atoms. The highest BCUT2D eigenvalue weighted by Crippen LogP contribution is 2.26. The maximum atomic E-state index is 12.1. The number of aromatic nitrogens is 2. The van der Waals surface area contributed by atoms with Crippen molar-refractivity contribution in [2.45, 2.75) is 18.9 Å². The molecule has 2 aromatic heterocycles. The summed E-state index contributed by atoms with van der Waals surface area (Å²) in [6, 6.07) is 9.81. The minimum atomic E-state index is -0.497. The van der Waals surface area contributed by atoms with Crippen LogP contribution in [0.3, 0.4) is 0 Å². The van der Waals surface area contributed by atoms with Crippen LogP contribution >= 0.6 is 0 Å². The Morgan fingerprint density at radius 2 is 1.96 bits per heavy atom. The molecule has 4 N–H and O–H groups in total. The van der Waals surface area contributed by atoms with Gasteiger partial charge in [0.15, 0.2) is 0 Å². The van der Waals surface area contributed by atoms with Gasteiger partial charge < -0.3 is 16.0 Å². The van der Waals surface area contributed by atoms with Crippen LogP contribution < -0.4 is 11.1 Å². The van der Waals surface area contributed by atoms with Gasteiger partial charge in [0.1, 0.15) is 5.65 Å². The number of nitrogens with zero attached hydrogens (tertiary/aromatic N) is 1. The lowest BCUT2D eigenvalue weighted by Gasteiger charge is -2.06. The van der Waals surface area contributed by atoms with E-state index in [0.29, 0.717) is 11.6 Å². The molecular weight excluding hydrogens is 328 g/mol. The van der Waals surface area contributed by atoms with E-state index in [-0.39, 0.29) is 5.91 Å². The smallest absolute Gasteiger partial charge is 0.251 e. The summed E-state index contributed by atoms with van der Waals surface area (Å²) in [7, 11) is 0. The predicted molar refractivity (Wildman–Crippen MR) is 100 cm³/mol. The standard InChI is InChI=1S/C20H18N4O2/c21-18(25)8-5-14-10-22-19-17(14)9-15(11-23-19)12-1-3-13(4-2-12)20(26)24-16-6-7-16/h1-5,8-11,16H,6-7H2,(H2,21,25)(H,22,23)(H,24,26). The van der Waals surface area contributed by atoms with Crippen LogP contribution in [0.1, 0.15) is 28.8 Å². The third kappa shape index (κ3) is 3.35. The van der Waals surface area contributed by atoms with E-state index in [1.807, 2.05) is 30.3 Å². The van der Waals surface area contributed by atoms with Crippen molar-refractivity contribution in [1.29, 1.82) is 0 Å². The fourth-order valence-corrected chi connectivity index (χ4v) is 2.80. The van der Waals surface area contributed by atoms with Crippen molar-refractivity contribution in [3.05, 3.63) is 59.9 Å². The molecule has 0 atom stereocenters. The maximum Gasteiger partial charge on any atom is 0.251 e. The summed E-state index contributed by atoms with van der Waals surface area (Å²) >= 11 is 0. The van der Waals surface area contributed by atoms with Crippen molar-refractivity contribution in [3.63, 3.8) is 0 Å². The summed E-state index contributed by atoms with van der Waals surface area (Å²) in [5.74, 6) is -0.527. The average molecular weight is 346 g/mol. The Morgan fingerprint density at radius 3 is 2.65 bits per heavy atom. The molecule has 3 aromatic rings. The molecule has 6 heteroatoms. The van der Waals surface area contributed by atoms with E-state index >= 15 is 0 Å². The quantitative estimate of drug-likeness (QED) is 0.619. The first-order valence-corrected chi connectivity index (χ1v) is 8.46. The summed E-state index contributed by atoms with van der Waals surface area (Å²) < 4.78 is 0. The number of nitrogens with one attached hydrogen (secondary N) is 2. The largest absolute Gasteiger partial charge is 0.366 e. The number of H-pyrrole nitrogens is 1. The topological polar surface area (TPSA) is 101 Å². The second-order valence-electron chi connectivity index (χ2n) is 6.42. The van der Waals surface area contributed by atoms with E-state index in [0.717, 1.165) is 40.6 Å². The zero-order valence-electron chi connectivity index (χ0n) is 14.0. The molecule has 2 amide bonds. The number of hydrogen-bond acceptors (Lipinski definition) is 3. The van der Waals surface area contributed by atoms with E-state index in [1.54, 1.807) is 18.5 Å². The Labute approximate surface area is 150 Å². The van der Waals surface area contributed by atoms with E-state index in [4.69, 9.17) is 5.73 Å². The highest BCUT2D eigenvalue weighted by atomic mass is 16.2. The summed E-state index contributed by atoms with van der Waals surface area (Å²) in [5.41, 5.74) is 9.29. The number of fused-ring (bicyclic) bond motifs is 1. The minimum Gasteiger partial charge on any atom is -0.366 e. The number of benzene rings is 1. The van der Waals surface area contributed by atoms with E-state index in [9.17, 15) is 9.59 Å². The predicted octanol–water partition coefficient (Wildman–Crippen LogP) is 2.62. The fraction of sp³-hybridized carbons (Fsp3) is 0.150. The summed E-state index contributed by atoms with van der Waals surface area (Å²) in [5, 5.41) is 3.88. The van der Waals surface area contributed by atoms with Gasteiger partial charge in [-0.15, -0.1) is 0 Å². The van der Waals surface area contributed by atoms with E-state index in [1.165, 1.54) is 6.08 Å². The van der Waals surface area contributed by atoms with Crippen LogP contribution in [0.4, 0.5) is 0 Å². The zero-order chi connectivity index (χ0) is 18.1. The number of hydrogen-bond donors (Lipinski definition) is 3. The number of nitrogens with two attached hydrogens (primary N) is 1. The summed E-state index contributed by atoms with van der Waals surface area (Å²) in [4.78, 5) is 30.5. The van der Waals surface area contributed by atoms with Crippen LogP contribution in [0.5, 0.6) is 0 Å². The van der Waals surface area contributed by atoms with Crippen molar-refractivity contribution < 1.29 is 9.59 Å². The van der Waals surface area contributed by atoms with Crippen LogP contribution in [0.15, 0.2) is 48.8 Å². The lowest BCUT2D eigenvalue weighted by atomic mass is 10.0. The molecule has 1 aliphatic rings. The molecule has 1 fully saturated rings. The van der Waals surface area contributed by atoms with Gasteiger partial charge in [-0.2, -0.15) is 0 Å². The molecule has 2 heterocycles. The third-order valence-electron chi connectivity index (χ3n) is 4.38. The second kappa shape index (κ2) is 6.48. The molecule has 1 aliphatic carbocycles. The summed E-state index contributed by atoms with van der Waals surface area (Å²) in [6.07, 6.45) is 8.68. The van der Waals surface area contributed by atoms with Gasteiger partial charge >= 0.3 is 0 Å². The molecule has 1 aromatic carbocycles. The Bertz CT molecular complexity index is 1010. The number of aromatic amines is 1. The van der Waals surface area contributed by atoms with Crippen molar-refractivity contribution in [3.8, 4) is 11.1 Å². The van der Waals surface area contributed by atoms with Gasteiger partial charge in [-0.1, -0.05) is 12.1 Å². The van der Waals surface area contributed by atoms with Crippen LogP contribution in [0.25, 0.3) is 28.2 Å². The van der Waals surface area contributed by atoms with Crippen LogP contribution in [0.2, 0.25) is 0 Å². The van der Waals surface area contributed by atoms with E-state index < -0.39 is 5.91 Å². The van der Waals surface area contributed by atoms with Crippen molar-refractivity contribution in [1.82, 2.24) is 15.3 Å². The van der Waals surface area contributed by atoms with Gasteiger partial charge in [-0.25, -0.2) is 4.98 Å². The lowest BCUT2D eigenvalue weighted by Crippen LogP contribution is -2.25. The first-order chi connectivity index (χ1) is 12.6. The SMILES string of the molecule is NC(=O)C=Cc1c[nH]c2ncc(-c3ccc(C(=O)NC4CC4)cc3)cc12. The highest BCUT2D eigenvalue weighted by molar-refractivity contribution is 5.96. The van der Waals surface area contributed by atoms with Crippen LogP contribution in [-0.4, -0.2) is 27.8 Å². The number of rotatable bonds is 5. The average Bonchev–Trinajstić information content (AvgIpc) is 3.37. The number of pyridine rings is 1. The zero-order valence-corrected chi connectivity index (χ0v) is 14.0. The van der Waals surface area contributed by atoms with Crippen molar-refractivity contribution in [2.24, 2.45) is 5.73 Å². The molecule has 0 radical (unpaired) electrons. The Kier molecular flexibility index (Phi) is 4.01. The van der Waals surface area contributed by atoms with E-state index in [2.05, 4.69) is 15.3 Å². The normalized spacial score (nSPS) is 14.0.